The molecule has 0 bridgehead atoms. The summed E-state index contributed by atoms with van der Waals surface area (Å²) in [5.74, 6) is 3.26. The minimum Gasteiger partial charge on any atom is -0.388 e. The number of hydrogen-bond acceptors (Lipinski definition) is 2. The monoisotopic (exact) mass is 373 g/mol. The summed E-state index contributed by atoms with van der Waals surface area (Å²) in [5, 5.41) is 21.5. The van der Waals surface area contributed by atoms with Crippen LogP contribution < -0.4 is 0 Å². The van der Waals surface area contributed by atoms with Crippen LogP contribution in [0.25, 0.3) is 0 Å². The van der Waals surface area contributed by atoms with E-state index in [2.05, 4.69) is 19.9 Å². The van der Waals surface area contributed by atoms with Gasteiger partial charge in [-0.15, -0.1) is 0 Å². The number of nitriles is 1. The molecule has 0 saturated heterocycles. The molecule has 0 amide bonds. The molecule has 0 aromatic heterocycles. The van der Waals surface area contributed by atoms with Crippen LogP contribution in [0.3, 0.4) is 0 Å². The second-order valence-corrected chi connectivity index (χ2v) is 10.5. The average molecular weight is 374 g/mol. The van der Waals surface area contributed by atoms with Gasteiger partial charge in [0.05, 0.1) is 17.1 Å². The van der Waals surface area contributed by atoms with Crippen molar-refractivity contribution in [2.75, 3.05) is 0 Å². The Labute approximate surface area is 168 Å². The quantitative estimate of drug-likeness (QED) is 0.509. The summed E-state index contributed by atoms with van der Waals surface area (Å²) in [5.41, 5.74) is -1.18. The fraction of sp³-hybridized carbons (Fsp3) is 0.960. The summed E-state index contributed by atoms with van der Waals surface area (Å²) in [6.07, 6.45) is 19.6. The number of nitrogens with zero attached hydrogens (tertiary/aromatic N) is 1. The van der Waals surface area contributed by atoms with Crippen LogP contribution in [0.1, 0.15) is 117 Å². The highest BCUT2D eigenvalue weighted by atomic mass is 16.3. The fourth-order valence-electron chi connectivity index (χ4n) is 6.88. The zero-order chi connectivity index (χ0) is 19.3. The fourth-order valence-corrected chi connectivity index (χ4v) is 6.88. The second-order valence-electron chi connectivity index (χ2n) is 10.5. The number of rotatable bonds is 6. The van der Waals surface area contributed by atoms with Crippen molar-refractivity contribution in [3.05, 3.63) is 0 Å². The summed E-state index contributed by atoms with van der Waals surface area (Å²) in [6, 6.07) is 2.66. The van der Waals surface area contributed by atoms with E-state index >= 15 is 0 Å². The molecule has 3 saturated carbocycles. The predicted molar refractivity (Wildman–Crippen MR) is 112 cm³/mol. The molecule has 1 N–H and O–H groups in total. The van der Waals surface area contributed by atoms with Crippen molar-refractivity contribution in [1.82, 2.24) is 0 Å². The first kappa shape index (κ1) is 21.2. The van der Waals surface area contributed by atoms with Crippen molar-refractivity contribution in [3.63, 3.8) is 0 Å². The average Bonchev–Trinajstić information content (AvgIpc) is 2.68. The van der Waals surface area contributed by atoms with Crippen LogP contribution >= 0.6 is 0 Å². The highest BCUT2D eigenvalue weighted by Gasteiger charge is 2.53. The molecule has 2 heteroatoms. The third-order valence-corrected chi connectivity index (χ3v) is 8.74. The molecule has 3 aliphatic carbocycles. The van der Waals surface area contributed by atoms with E-state index in [1.165, 1.54) is 70.6 Å². The van der Waals surface area contributed by atoms with Crippen molar-refractivity contribution >= 4 is 0 Å². The third kappa shape index (κ3) is 4.72. The minimum absolute atomic E-state index is 0.463. The van der Waals surface area contributed by atoms with Crippen molar-refractivity contribution in [2.24, 2.45) is 29.1 Å². The molecule has 3 rings (SSSR count). The molecule has 0 aliphatic heterocycles. The first-order chi connectivity index (χ1) is 13.0. The maximum absolute atomic E-state index is 11.4. The number of unbranched alkanes of at least 4 members (excludes halogenated alkanes) is 2. The van der Waals surface area contributed by atoms with Gasteiger partial charge in [0, 0.05) is 0 Å². The minimum atomic E-state index is -0.721. The van der Waals surface area contributed by atoms with Crippen LogP contribution in [0, 0.1) is 40.4 Å². The maximum atomic E-state index is 11.4. The van der Waals surface area contributed by atoms with Crippen molar-refractivity contribution in [1.29, 1.82) is 5.26 Å². The molecule has 2 unspecified atom stereocenters. The smallest absolute Gasteiger partial charge is 0.0860 e. The maximum Gasteiger partial charge on any atom is 0.0860 e. The predicted octanol–water partition coefficient (Wildman–Crippen LogP) is 7.01. The summed E-state index contributed by atoms with van der Waals surface area (Å²) >= 11 is 0. The van der Waals surface area contributed by atoms with Gasteiger partial charge in [-0.25, -0.2) is 0 Å². The van der Waals surface area contributed by atoms with Crippen LogP contribution in [0.4, 0.5) is 0 Å². The Balaban J connectivity index is 1.50. The SMILES string of the molecule is CCCCCC1CCC(C2CCC(C#N)(C3(O)CCCC(C)C3)CC2)CC1. The topological polar surface area (TPSA) is 44.0 Å². The lowest BCUT2D eigenvalue weighted by molar-refractivity contribution is -0.115. The van der Waals surface area contributed by atoms with Crippen LogP contribution in [-0.4, -0.2) is 10.7 Å². The first-order valence-electron chi connectivity index (χ1n) is 12.2. The third-order valence-electron chi connectivity index (χ3n) is 8.74. The van der Waals surface area contributed by atoms with Gasteiger partial charge in [-0.3, -0.25) is 0 Å². The van der Waals surface area contributed by atoms with E-state index in [-0.39, 0.29) is 0 Å². The molecule has 154 valence electrons. The van der Waals surface area contributed by atoms with Crippen LogP contribution in [0.15, 0.2) is 0 Å². The van der Waals surface area contributed by atoms with E-state index in [4.69, 9.17) is 0 Å². The van der Waals surface area contributed by atoms with Gasteiger partial charge < -0.3 is 5.11 Å². The van der Waals surface area contributed by atoms with Crippen LogP contribution in [0.5, 0.6) is 0 Å². The number of hydrogen-bond donors (Lipinski definition) is 1. The van der Waals surface area contributed by atoms with Gasteiger partial charge in [0.1, 0.15) is 0 Å². The molecule has 0 spiro atoms. The van der Waals surface area contributed by atoms with Crippen LogP contribution in [-0.2, 0) is 0 Å². The van der Waals surface area contributed by atoms with Gasteiger partial charge in [-0.1, -0.05) is 65.2 Å². The summed E-state index contributed by atoms with van der Waals surface area (Å²) in [7, 11) is 0. The van der Waals surface area contributed by atoms with Gasteiger partial charge in [0.2, 0.25) is 0 Å². The second kappa shape index (κ2) is 9.30. The lowest BCUT2D eigenvalue weighted by Crippen LogP contribution is -2.52. The summed E-state index contributed by atoms with van der Waals surface area (Å²) < 4.78 is 0. The molecule has 0 heterocycles. The molecule has 3 fully saturated rings. The normalized spacial score (nSPS) is 43.2. The molecule has 0 radical (unpaired) electrons. The first-order valence-corrected chi connectivity index (χ1v) is 12.2. The summed E-state index contributed by atoms with van der Waals surface area (Å²) in [6.45, 7) is 4.55. The van der Waals surface area contributed by atoms with E-state index < -0.39 is 11.0 Å². The molecule has 27 heavy (non-hydrogen) atoms. The van der Waals surface area contributed by atoms with Crippen LogP contribution in [0.2, 0.25) is 0 Å². The van der Waals surface area contributed by atoms with Crippen molar-refractivity contribution < 1.29 is 5.11 Å². The molecule has 0 aromatic rings. The molecule has 2 atom stereocenters. The van der Waals surface area contributed by atoms with Gasteiger partial charge >= 0.3 is 0 Å². The van der Waals surface area contributed by atoms with Crippen molar-refractivity contribution in [2.45, 2.75) is 122 Å². The Kier molecular flexibility index (Phi) is 7.29. The molecule has 3 aliphatic rings. The van der Waals surface area contributed by atoms with E-state index in [0.29, 0.717) is 5.92 Å². The van der Waals surface area contributed by atoms with Gasteiger partial charge in [0.25, 0.3) is 0 Å². The van der Waals surface area contributed by atoms with E-state index in [9.17, 15) is 10.4 Å². The summed E-state index contributed by atoms with van der Waals surface area (Å²) in [4.78, 5) is 0. The lowest BCUT2D eigenvalue weighted by Gasteiger charge is -2.50. The lowest BCUT2D eigenvalue weighted by atomic mass is 9.55. The zero-order valence-corrected chi connectivity index (χ0v) is 18.0. The standard InChI is InChI=1S/C25H43NO/c1-3-4-5-8-21-9-11-22(12-10-21)23-13-16-24(19-26,17-14-23)25(27)15-6-7-20(2)18-25/h20-23,27H,3-18H2,1-2H3. The van der Waals surface area contributed by atoms with Gasteiger partial charge in [-0.2, -0.15) is 5.26 Å². The Bertz CT molecular complexity index is 493. The molecular weight excluding hydrogens is 330 g/mol. The zero-order valence-electron chi connectivity index (χ0n) is 18.0. The van der Waals surface area contributed by atoms with Crippen molar-refractivity contribution in [3.8, 4) is 6.07 Å². The molecular formula is C25H43NO. The van der Waals surface area contributed by atoms with Gasteiger partial charge in [-0.05, 0) is 75.0 Å². The highest BCUT2D eigenvalue weighted by molar-refractivity contribution is 5.14. The Morgan fingerprint density at radius 1 is 0.926 bits per heavy atom. The Morgan fingerprint density at radius 2 is 1.59 bits per heavy atom. The molecule has 2 nitrogen and oxygen atoms in total. The Hall–Kier alpha value is -0.550. The van der Waals surface area contributed by atoms with E-state index in [0.717, 1.165) is 49.9 Å². The largest absolute Gasteiger partial charge is 0.388 e. The van der Waals surface area contributed by atoms with E-state index in [1.54, 1.807) is 0 Å². The van der Waals surface area contributed by atoms with Gasteiger partial charge in [0.15, 0.2) is 0 Å². The molecule has 0 aromatic carbocycles. The van der Waals surface area contributed by atoms with E-state index in [1.807, 2.05) is 0 Å². The highest BCUT2D eigenvalue weighted by Crippen LogP contribution is 2.54. The Morgan fingerprint density at radius 3 is 2.19 bits per heavy atom. The number of aliphatic hydroxyl groups is 1.